The summed E-state index contributed by atoms with van der Waals surface area (Å²) in [5, 5.41) is 12.6. The van der Waals surface area contributed by atoms with E-state index in [4.69, 9.17) is 5.11 Å². The zero-order chi connectivity index (χ0) is 16.6. The van der Waals surface area contributed by atoms with E-state index in [1.54, 1.807) is 0 Å². The molecule has 0 radical (unpaired) electrons. The van der Waals surface area contributed by atoms with E-state index in [0.29, 0.717) is 13.0 Å². The molecule has 1 aliphatic rings. The van der Waals surface area contributed by atoms with Gasteiger partial charge in [0.05, 0.1) is 0 Å². The fraction of sp³-hybridized carbons (Fsp3) is 0.944. The van der Waals surface area contributed by atoms with Crippen molar-refractivity contribution in [3.63, 3.8) is 0 Å². The molecule has 1 atom stereocenters. The second-order valence-electron chi connectivity index (χ2n) is 6.48. The van der Waals surface area contributed by atoms with Crippen molar-refractivity contribution in [1.29, 1.82) is 0 Å². The van der Waals surface area contributed by atoms with Crippen LogP contribution in [0, 0.1) is 0 Å². The molecule has 1 rings (SSSR count). The van der Waals surface area contributed by atoms with E-state index in [9.17, 15) is 4.79 Å². The highest BCUT2D eigenvalue weighted by Gasteiger charge is 2.15. The molecule has 1 saturated heterocycles. The maximum Gasteiger partial charge on any atom is 0.219 e. The van der Waals surface area contributed by atoms with Crippen molar-refractivity contribution in [1.82, 2.24) is 5.32 Å². The normalized spacial score (nSPS) is 17.5. The molecule has 0 saturated carbocycles. The minimum Gasteiger partial charge on any atom is -0.396 e. The Morgan fingerprint density at radius 3 is 2.30 bits per heavy atom. The van der Waals surface area contributed by atoms with E-state index < -0.39 is 0 Å². The summed E-state index contributed by atoms with van der Waals surface area (Å²) in [6.45, 7) is 1.18. The van der Waals surface area contributed by atoms with Crippen LogP contribution in [-0.2, 0) is 4.79 Å². The lowest BCUT2D eigenvalue weighted by atomic mass is 10.1. The van der Waals surface area contributed by atoms with Gasteiger partial charge in [0.25, 0.3) is 0 Å². The van der Waals surface area contributed by atoms with Gasteiger partial charge in [0.15, 0.2) is 0 Å². The first-order valence-corrected chi connectivity index (χ1v) is 11.9. The number of nitrogens with one attached hydrogen (secondary N) is 1. The third kappa shape index (κ3) is 13.1. The van der Waals surface area contributed by atoms with Crippen LogP contribution in [-0.4, -0.2) is 35.2 Å². The molecule has 136 valence electrons. The standard InChI is InChI=1S/C18H35NO2S2/c20-15-10-6-4-2-1-3-5-9-14-19-18(21)12-8-7-11-17-13-16-22-23-17/h17,20H,1-16H2,(H,19,21). The van der Waals surface area contributed by atoms with Gasteiger partial charge in [0, 0.05) is 30.6 Å². The monoisotopic (exact) mass is 361 g/mol. The summed E-state index contributed by atoms with van der Waals surface area (Å²) in [5.74, 6) is 1.54. The van der Waals surface area contributed by atoms with Crippen LogP contribution >= 0.6 is 21.6 Å². The quantitative estimate of drug-likeness (QED) is 0.321. The Morgan fingerprint density at radius 2 is 1.65 bits per heavy atom. The van der Waals surface area contributed by atoms with Gasteiger partial charge in [-0.25, -0.2) is 0 Å². The molecule has 0 bridgehead atoms. The fourth-order valence-electron chi connectivity index (χ4n) is 2.84. The van der Waals surface area contributed by atoms with Crippen molar-refractivity contribution in [3.8, 4) is 0 Å². The van der Waals surface area contributed by atoms with Gasteiger partial charge in [-0.2, -0.15) is 0 Å². The Kier molecular flexibility index (Phi) is 14.4. The van der Waals surface area contributed by atoms with Crippen LogP contribution in [0.25, 0.3) is 0 Å². The van der Waals surface area contributed by atoms with E-state index in [1.165, 1.54) is 57.1 Å². The van der Waals surface area contributed by atoms with Gasteiger partial charge in [-0.3, -0.25) is 4.79 Å². The van der Waals surface area contributed by atoms with Crippen LogP contribution in [0.1, 0.15) is 83.5 Å². The van der Waals surface area contributed by atoms with Crippen molar-refractivity contribution >= 4 is 27.5 Å². The van der Waals surface area contributed by atoms with Gasteiger partial charge in [-0.15, -0.1) is 0 Å². The Bertz CT molecular complexity index is 284. The number of aliphatic hydroxyl groups is 1. The van der Waals surface area contributed by atoms with Crippen LogP contribution < -0.4 is 5.32 Å². The summed E-state index contributed by atoms with van der Waals surface area (Å²) in [5.41, 5.74) is 0. The molecule has 0 aromatic carbocycles. The van der Waals surface area contributed by atoms with Gasteiger partial charge < -0.3 is 10.4 Å². The summed E-state index contributed by atoms with van der Waals surface area (Å²) < 4.78 is 0. The van der Waals surface area contributed by atoms with Crippen LogP contribution in [0.5, 0.6) is 0 Å². The van der Waals surface area contributed by atoms with Gasteiger partial charge in [-0.1, -0.05) is 66.5 Å². The van der Waals surface area contributed by atoms with E-state index in [2.05, 4.69) is 5.32 Å². The average molecular weight is 362 g/mol. The summed E-state index contributed by atoms with van der Waals surface area (Å²) >= 11 is 0. The first-order valence-electron chi connectivity index (χ1n) is 9.48. The first-order chi connectivity index (χ1) is 11.3. The number of hydrogen-bond donors (Lipinski definition) is 2. The Morgan fingerprint density at radius 1 is 0.957 bits per heavy atom. The van der Waals surface area contributed by atoms with Gasteiger partial charge >= 0.3 is 0 Å². The smallest absolute Gasteiger partial charge is 0.219 e. The molecule has 0 spiro atoms. The van der Waals surface area contributed by atoms with Gasteiger partial charge in [0.1, 0.15) is 0 Å². The largest absolute Gasteiger partial charge is 0.396 e. The average Bonchev–Trinajstić information content (AvgIpc) is 3.07. The van der Waals surface area contributed by atoms with Crippen molar-refractivity contribution in [2.45, 2.75) is 88.7 Å². The molecule has 0 aromatic rings. The molecule has 5 heteroatoms. The molecule has 0 aromatic heterocycles. The number of amides is 1. The second kappa shape index (κ2) is 15.6. The van der Waals surface area contributed by atoms with Gasteiger partial charge in [0.2, 0.25) is 5.91 Å². The number of carbonyl (C=O) groups excluding carboxylic acids is 1. The van der Waals surface area contributed by atoms with Crippen molar-refractivity contribution in [2.24, 2.45) is 0 Å². The van der Waals surface area contributed by atoms with Crippen molar-refractivity contribution in [2.75, 3.05) is 18.9 Å². The number of hydrogen-bond acceptors (Lipinski definition) is 4. The number of aliphatic hydroxyl groups excluding tert-OH is 1. The molecule has 1 amide bonds. The lowest BCUT2D eigenvalue weighted by Crippen LogP contribution is -2.24. The molecular formula is C18H35NO2S2. The van der Waals surface area contributed by atoms with E-state index in [0.717, 1.165) is 37.5 Å². The maximum absolute atomic E-state index is 11.7. The highest BCUT2D eigenvalue weighted by atomic mass is 33.1. The van der Waals surface area contributed by atoms with E-state index >= 15 is 0 Å². The number of unbranched alkanes of at least 4 members (excludes halogenated alkanes) is 8. The minimum atomic E-state index is 0.238. The Hall–Kier alpha value is 0.130. The summed E-state index contributed by atoms with van der Waals surface area (Å²) in [6, 6.07) is 0. The van der Waals surface area contributed by atoms with Crippen LogP contribution in [0.15, 0.2) is 0 Å². The van der Waals surface area contributed by atoms with Crippen molar-refractivity contribution < 1.29 is 9.90 Å². The SMILES string of the molecule is O=C(CCCCC1CCSS1)NCCCCCCCCCCO. The van der Waals surface area contributed by atoms with E-state index in [-0.39, 0.29) is 5.91 Å². The Labute approximate surface area is 150 Å². The number of carbonyl (C=O) groups is 1. The molecule has 0 aliphatic carbocycles. The van der Waals surface area contributed by atoms with Crippen LogP contribution in [0.2, 0.25) is 0 Å². The van der Waals surface area contributed by atoms with Crippen LogP contribution in [0.4, 0.5) is 0 Å². The minimum absolute atomic E-state index is 0.238. The Balaban J connectivity index is 1.75. The van der Waals surface area contributed by atoms with Gasteiger partial charge in [-0.05, 0) is 32.1 Å². The molecule has 1 fully saturated rings. The first kappa shape index (κ1) is 21.2. The summed E-state index contributed by atoms with van der Waals surface area (Å²) in [4.78, 5) is 11.7. The third-order valence-electron chi connectivity index (χ3n) is 4.31. The zero-order valence-electron chi connectivity index (χ0n) is 14.6. The van der Waals surface area contributed by atoms with Crippen molar-refractivity contribution in [3.05, 3.63) is 0 Å². The summed E-state index contributed by atoms with van der Waals surface area (Å²) in [6.07, 6.45) is 15.1. The lowest BCUT2D eigenvalue weighted by Gasteiger charge is -2.07. The summed E-state index contributed by atoms with van der Waals surface area (Å²) in [7, 11) is 4.03. The lowest BCUT2D eigenvalue weighted by molar-refractivity contribution is -0.121. The molecule has 3 nitrogen and oxygen atoms in total. The van der Waals surface area contributed by atoms with Crippen LogP contribution in [0.3, 0.4) is 0 Å². The predicted octanol–water partition coefficient (Wildman–Crippen LogP) is 4.93. The molecule has 23 heavy (non-hydrogen) atoms. The number of rotatable bonds is 15. The highest BCUT2D eigenvalue weighted by molar-refractivity contribution is 8.77. The zero-order valence-corrected chi connectivity index (χ0v) is 16.2. The maximum atomic E-state index is 11.7. The van der Waals surface area contributed by atoms with E-state index in [1.807, 2.05) is 21.6 Å². The molecule has 1 unspecified atom stereocenters. The molecule has 1 heterocycles. The second-order valence-corrected chi connectivity index (χ2v) is 9.26. The third-order valence-corrected chi connectivity index (χ3v) is 7.32. The topological polar surface area (TPSA) is 49.3 Å². The molecular weight excluding hydrogens is 326 g/mol. The predicted molar refractivity (Wildman–Crippen MR) is 104 cm³/mol. The molecule has 1 aliphatic heterocycles. The highest BCUT2D eigenvalue weighted by Crippen LogP contribution is 2.39. The molecule has 2 N–H and O–H groups in total. The fourth-order valence-corrected chi connectivity index (χ4v) is 5.86.